The fourth-order valence-corrected chi connectivity index (χ4v) is 4.54. The Bertz CT molecular complexity index is 467. The van der Waals surface area contributed by atoms with Crippen LogP contribution in [0.4, 0.5) is 0 Å². The van der Waals surface area contributed by atoms with Crippen molar-refractivity contribution in [1.82, 2.24) is 0 Å². The summed E-state index contributed by atoms with van der Waals surface area (Å²) in [4.78, 5) is 13.9. The van der Waals surface area contributed by atoms with Gasteiger partial charge in [-0.25, -0.2) is 0 Å². The number of aryl methyl sites for hydroxylation is 1. The zero-order valence-corrected chi connectivity index (χ0v) is 10.5. The summed E-state index contributed by atoms with van der Waals surface area (Å²) in [7, 11) is 0. The minimum atomic E-state index is 0.253. The van der Waals surface area contributed by atoms with E-state index in [9.17, 15) is 4.79 Å². The lowest BCUT2D eigenvalue weighted by Crippen LogP contribution is -2.02. The second kappa shape index (κ2) is 2.54. The first kappa shape index (κ1) is 9.59. The number of hydrogen-bond donors (Lipinski definition) is 0. The summed E-state index contributed by atoms with van der Waals surface area (Å²) in [5, 5.41) is 0. The van der Waals surface area contributed by atoms with Crippen molar-refractivity contribution in [3.8, 4) is 0 Å². The highest BCUT2D eigenvalue weighted by Crippen LogP contribution is 2.71. The molecule has 15 heavy (non-hydrogen) atoms. The molecule has 0 amide bonds. The Balaban J connectivity index is 2.14. The molecule has 1 fully saturated rings. The SMILES string of the molecule is CC(=O)c1sc(C)c2c1CC1[C@H]2C1(C)C. The van der Waals surface area contributed by atoms with E-state index in [4.69, 9.17) is 0 Å². The lowest BCUT2D eigenvalue weighted by atomic mass is 9.95. The van der Waals surface area contributed by atoms with Crippen LogP contribution in [0.25, 0.3) is 0 Å². The summed E-state index contributed by atoms with van der Waals surface area (Å²) in [6.45, 7) is 8.58. The molecule has 1 heterocycles. The van der Waals surface area contributed by atoms with Crippen LogP contribution in [0.5, 0.6) is 0 Å². The van der Waals surface area contributed by atoms with Gasteiger partial charge in [0.05, 0.1) is 4.88 Å². The van der Waals surface area contributed by atoms with Gasteiger partial charge in [-0.05, 0) is 48.6 Å². The zero-order chi connectivity index (χ0) is 11.0. The van der Waals surface area contributed by atoms with E-state index < -0.39 is 0 Å². The van der Waals surface area contributed by atoms with Crippen LogP contribution in [-0.2, 0) is 6.42 Å². The van der Waals surface area contributed by atoms with Crippen LogP contribution in [0.3, 0.4) is 0 Å². The molecule has 0 aliphatic heterocycles. The summed E-state index contributed by atoms with van der Waals surface area (Å²) >= 11 is 1.71. The highest BCUT2D eigenvalue weighted by Gasteiger charge is 2.63. The first-order valence-corrected chi connectivity index (χ1v) is 6.39. The highest BCUT2D eigenvalue weighted by atomic mass is 32.1. The molecule has 2 aliphatic carbocycles. The molecule has 1 aromatic heterocycles. The first-order valence-electron chi connectivity index (χ1n) is 5.57. The molecule has 1 aromatic rings. The summed E-state index contributed by atoms with van der Waals surface area (Å²) in [5.41, 5.74) is 3.41. The van der Waals surface area contributed by atoms with Crippen LogP contribution < -0.4 is 0 Å². The van der Waals surface area contributed by atoms with Crippen molar-refractivity contribution in [1.29, 1.82) is 0 Å². The van der Waals surface area contributed by atoms with Gasteiger partial charge in [-0.2, -0.15) is 0 Å². The molecule has 1 saturated carbocycles. The number of carbonyl (C=O) groups is 1. The number of ketones is 1. The maximum absolute atomic E-state index is 11.5. The summed E-state index contributed by atoms with van der Waals surface area (Å²) in [6.07, 6.45) is 1.15. The molecule has 0 radical (unpaired) electrons. The van der Waals surface area contributed by atoms with Crippen LogP contribution in [0.2, 0.25) is 0 Å². The number of fused-ring (bicyclic) bond motifs is 3. The monoisotopic (exact) mass is 220 g/mol. The van der Waals surface area contributed by atoms with E-state index in [1.54, 1.807) is 18.3 Å². The predicted octanol–water partition coefficient (Wildman–Crippen LogP) is 3.55. The van der Waals surface area contributed by atoms with Crippen LogP contribution in [0.15, 0.2) is 0 Å². The van der Waals surface area contributed by atoms with Crippen LogP contribution >= 0.6 is 11.3 Å². The van der Waals surface area contributed by atoms with Gasteiger partial charge in [-0.1, -0.05) is 13.8 Å². The average molecular weight is 220 g/mol. The van der Waals surface area contributed by atoms with E-state index in [-0.39, 0.29) is 5.78 Å². The largest absolute Gasteiger partial charge is 0.294 e. The van der Waals surface area contributed by atoms with Crippen molar-refractivity contribution in [3.63, 3.8) is 0 Å². The first-order chi connectivity index (χ1) is 6.94. The number of rotatable bonds is 1. The van der Waals surface area contributed by atoms with E-state index in [1.807, 2.05) is 0 Å². The van der Waals surface area contributed by atoms with Gasteiger partial charge in [0.25, 0.3) is 0 Å². The summed E-state index contributed by atoms with van der Waals surface area (Å²) in [5.74, 6) is 1.81. The van der Waals surface area contributed by atoms with Crippen molar-refractivity contribution in [2.24, 2.45) is 11.3 Å². The molecule has 0 aromatic carbocycles. The fraction of sp³-hybridized carbons (Fsp3) is 0.615. The zero-order valence-electron chi connectivity index (χ0n) is 9.68. The molecule has 2 atom stereocenters. The molecule has 3 rings (SSSR count). The van der Waals surface area contributed by atoms with E-state index in [2.05, 4.69) is 20.8 Å². The average Bonchev–Trinajstić information content (AvgIpc) is 2.54. The Morgan fingerprint density at radius 3 is 2.73 bits per heavy atom. The normalized spacial score (nSPS) is 29.9. The molecule has 0 spiro atoms. The second-order valence-corrected chi connectivity index (χ2v) is 6.77. The molecule has 80 valence electrons. The van der Waals surface area contributed by atoms with Gasteiger partial charge in [-0.15, -0.1) is 11.3 Å². The number of carbonyl (C=O) groups excluding carboxylic acids is 1. The Morgan fingerprint density at radius 2 is 2.13 bits per heavy atom. The van der Waals surface area contributed by atoms with Gasteiger partial charge in [0, 0.05) is 4.88 Å². The third-order valence-electron chi connectivity index (χ3n) is 4.34. The molecule has 0 saturated heterocycles. The van der Waals surface area contributed by atoms with Gasteiger partial charge in [-0.3, -0.25) is 4.79 Å². The van der Waals surface area contributed by atoms with Gasteiger partial charge in [0.1, 0.15) is 0 Å². The number of Topliss-reactive ketones (excluding diaryl/α,β-unsaturated/α-hetero) is 1. The predicted molar refractivity (Wildman–Crippen MR) is 62.8 cm³/mol. The third-order valence-corrected chi connectivity index (χ3v) is 5.60. The molecule has 2 aliphatic rings. The lowest BCUT2D eigenvalue weighted by Gasteiger charge is -2.09. The molecular formula is C13H16OS. The highest BCUT2D eigenvalue weighted by molar-refractivity contribution is 7.14. The molecule has 0 bridgehead atoms. The minimum absolute atomic E-state index is 0.253. The van der Waals surface area contributed by atoms with Gasteiger partial charge in [0.2, 0.25) is 0 Å². The van der Waals surface area contributed by atoms with Gasteiger partial charge in [0.15, 0.2) is 5.78 Å². The molecule has 1 nitrogen and oxygen atoms in total. The van der Waals surface area contributed by atoms with Crippen LogP contribution in [-0.4, -0.2) is 5.78 Å². The maximum atomic E-state index is 11.5. The summed E-state index contributed by atoms with van der Waals surface area (Å²) in [6, 6.07) is 0. The van der Waals surface area contributed by atoms with Crippen LogP contribution in [0, 0.1) is 18.3 Å². The van der Waals surface area contributed by atoms with Crippen molar-refractivity contribution in [2.75, 3.05) is 0 Å². The van der Waals surface area contributed by atoms with Crippen molar-refractivity contribution in [2.45, 2.75) is 40.0 Å². The Kier molecular flexibility index (Phi) is 1.62. The molecule has 0 N–H and O–H groups in total. The second-order valence-electron chi connectivity index (χ2n) is 5.55. The topological polar surface area (TPSA) is 17.1 Å². The molecule has 2 heteroatoms. The standard InChI is InChI=1S/C13H16OS/c1-6(14)12-8-5-9-11(13(9,3)4)10(8)7(2)15-12/h9,11H,5H2,1-4H3/t9?,11-/m1/s1. The van der Waals surface area contributed by atoms with Crippen LogP contribution in [0.1, 0.15) is 52.4 Å². The number of thiophene rings is 1. The molecule has 1 unspecified atom stereocenters. The van der Waals surface area contributed by atoms with Gasteiger partial charge >= 0.3 is 0 Å². The Morgan fingerprint density at radius 1 is 1.47 bits per heavy atom. The smallest absolute Gasteiger partial charge is 0.170 e. The maximum Gasteiger partial charge on any atom is 0.170 e. The summed E-state index contributed by atoms with van der Waals surface area (Å²) < 4.78 is 0. The van der Waals surface area contributed by atoms with Gasteiger partial charge < -0.3 is 0 Å². The minimum Gasteiger partial charge on any atom is -0.294 e. The number of hydrogen-bond acceptors (Lipinski definition) is 2. The Hall–Kier alpha value is -0.630. The quantitative estimate of drug-likeness (QED) is 0.661. The Labute approximate surface area is 94.5 Å². The lowest BCUT2D eigenvalue weighted by molar-refractivity contribution is 0.102. The van der Waals surface area contributed by atoms with E-state index >= 15 is 0 Å². The van der Waals surface area contributed by atoms with E-state index in [0.29, 0.717) is 5.41 Å². The van der Waals surface area contributed by atoms with Crippen molar-refractivity contribution < 1.29 is 4.79 Å². The van der Waals surface area contributed by atoms with E-state index in [0.717, 1.165) is 23.1 Å². The van der Waals surface area contributed by atoms with Crippen molar-refractivity contribution in [3.05, 3.63) is 20.9 Å². The van der Waals surface area contributed by atoms with E-state index in [1.165, 1.54) is 16.0 Å². The van der Waals surface area contributed by atoms with Crippen molar-refractivity contribution >= 4 is 17.1 Å². The third kappa shape index (κ3) is 1.01. The molecular weight excluding hydrogens is 204 g/mol. The fourth-order valence-electron chi connectivity index (χ4n) is 3.42.